The van der Waals surface area contributed by atoms with Crippen LogP contribution in [0.4, 0.5) is 4.79 Å². The van der Waals surface area contributed by atoms with Crippen LogP contribution in [0.2, 0.25) is 0 Å². The lowest BCUT2D eigenvalue weighted by molar-refractivity contribution is 0.00578. The fourth-order valence-corrected chi connectivity index (χ4v) is 3.40. The average Bonchev–Trinajstić information content (AvgIpc) is 2.84. The topological polar surface area (TPSA) is 72.9 Å². The van der Waals surface area contributed by atoms with Crippen molar-refractivity contribution in [2.24, 2.45) is 0 Å². The van der Waals surface area contributed by atoms with Crippen LogP contribution in [0.5, 0.6) is 0 Å². The van der Waals surface area contributed by atoms with Gasteiger partial charge in [0.05, 0.1) is 24.0 Å². The summed E-state index contributed by atoms with van der Waals surface area (Å²) in [5, 5.41) is 2.88. The van der Waals surface area contributed by atoms with Gasteiger partial charge in [-0.25, -0.2) is 4.79 Å². The Balaban J connectivity index is 1.57. The van der Waals surface area contributed by atoms with Crippen LogP contribution in [0.15, 0.2) is 18.3 Å². The molecule has 3 rings (SSSR count). The van der Waals surface area contributed by atoms with Crippen LogP contribution in [-0.2, 0) is 20.6 Å². The second-order valence-electron chi connectivity index (χ2n) is 8.36. The number of aromatic nitrogens is 1. The molecule has 0 saturated carbocycles. The van der Waals surface area contributed by atoms with E-state index in [9.17, 15) is 4.79 Å². The highest BCUT2D eigenvalue weighted by Gasteiger charge is 2.51. The minimum atomic E-state index is -0.369. The molecule has 2 fully saturated rings. The van der Waals surface area contributed by atoms with Gasteiger partial charge in [-0.1, -0.05) is 0 Å². The Bertz CT molecular complexity index is 659. The van der Waals surface area contributed by atoms with Gasteiger partial charge in [0.2, 0.25) is 0 Å². The Morgan fingerprint density at radius 1 is 1.30 bits per heavy atom. The van der Waals surface area contributed by atoms with Gasteiger partial charge >= 0.3 is 13.2 Å². The second kappa shape index (κ2) is 7.77. The van der Waals surface area contributed by atoms with Crippen molar-refractivity contribution >= 4 is 18.7 Å². The number of hydrogen-bond acceptors (Lipinski definition) is 6. The van der Waals surface area contributed by atoms with Gasteiger partial charge < -0.3 is 19.4 Å². The van der Waals surface area contributed by atoms with Crippen LogP contribution in [0.1, 0.15) is 46.2 Å². The summed E-state index contributed by atoms with van der Waals surface area (Å²) in [6, 6.07) is 4.21. The summed E-state index contributed by atoms with van der Waals surface area (Å²) in [6.07, 6.45) is 3.28. The molecule has 0 atom stereocenters. The Kier molecular flexibility index (Phi) is 5.79. The Morgan fingerprint density at radius 2 is 1.93 bits per heavy atom. The highest BCUT2D eigenvalue weighted by molar-refractivity contribution is 6.62. The third-order valence-corrected chi connectivity index (χ3v) is 5.85. The molecule has 1 amide bonds. The van der Waals surface area contributed by atoms with E-state index in [1.54, 1.807) is 0 Å². The number of rotatable bonds is 4. The first kappa shape index (κ1) is 20.1. The fraction of sp³-hybridized carbons (Fsp3) is 0.684. The number of pyridine rings is 1. The number of piperidine rings is 1. The zero-order valence-corrected chi connectivity index (χ0v) is 16.9. The highest BCUT2D eigenvalue weighted by atomic mass is 16.7. The molecule has 148 valence electrons. The molecule has 2 saturated heterocycles. The maximum atomic E-state index is 11.3. The van der Waals surface area contributed by atoms with Crippen molar-refractivity contribution < 1.29 is 18.8 Å². The molecule has 8 heteroatoms. The van der Waals surface area contributed by atoms with Gasteiger partial charge in [-0.2, -0.15) is 0 Å². The molecule has 27 heavy (non-hydrogen) atoms. The van der Waals surface area contributed by atoms with E-state index in [0.29, 0.717) is 0 Å². The van der Waals surface area contributed by atoms with Gasteiger partial charge in [0, 0.05) is 31.9 Å². The molecular formula is C19H30BN3O4. The lowest BCUT2D eigenvalue weighted by Crippen LogP contribution is -2.44. The molecule has 7 nitrogen and oxygen atoms in total. The van der Waals surface area contributed by atoms with Crippen LogP contribution in [0, 0.1) is 0 Å². The zero-order chi connectivity index (χ0) is 19.7. The summed E-state index contributed by atoms with van der Waals surface area (Å²) in [5.74, 6) is 0. The average molecular weight is 375 g/mol. The highest BCUT2D eigenvalue weighted by Crippen LogP contribution is 2.36. The summed E-state index contributed by atoms with van der Waals surface area (Å²) in [7, 11) is 1.02. The van der Waals surface area contributed by atoms with E-state index < -0.39 is 0 Å². The number of methoxy groups -OCH3 is 1. The number of amides is 1. The molecule has 0 unspecified atom stereocenters. The van der Waals surface area contributed by atoms with Crippen molar-refractivity contribution in [2.45, 2.75) is 64.3 Å². The van der Waals surface area contributed by atoms with Gasteiger partial charge in [-0.05, 0) is 58.1 Å². The first-order chi connectivity index (χ1) is 12.7. The van der Waals surface area contributed by atoms with Gasteiger partial charge in [0.1, 0.15) is 0 Å². The zero-order valence-electron chi connectivity index (χ0n) is 16.9. The van der Waals surface area contributed by atoms with Crippen molar-refractivity contribution in [3.8, 4) is 0 Å². The van der Waals surface area contributed by atoms with E-state index >= 15 is 0 Å². The monoisotopic (exact) mass is 375 g/mol. The number of likely N-dealkylation sites (tertiary alicyclic amines) is 1. The molecule has 0 radical (unpaired) electrons. The maximum absolute atomic E-state index is 11.3. The Labute approximate surface area is 161 Å². The van der Waals surface area contributed by atoms with Crippen LogP contribution in [-0.4, -0.2) is 60.5 Å². The largest absolute Gasteiger partial charge is 0.494 e. The number of nitrogens with zero attached hydrogens (tertiary/aromatic N) is 2. The summed E-state index contributed by atoms with van der Waals surface area (Å²) in [4.78, 5) is 18.2. The van der Waals surface area contributed by atoms with Gasteiger partial charge in [0.25, 0.3) is 0 Å². The number of nitrogens with one attached hydrogen (secondary N) is 1. The number of alkyl carbamates (subject to hydrolysis) is 1. The van der Waals surface area contributed by atoms with E-state index in [2.05, 4.69) is 53.7 Å². The second-order valence-corrected chi connectivity index (χ2v) is 8.36. The molecule has 0 spiro atoms. The smallest absolute Gasteiger partial charge is 0.453 e. The quantitative estimate of drug-likeness (QED) is 0.808. The molecule has 2 aliphatic heterocycles. The normalized spacial score (nSPS) is 22.6. The van der Waals surface area contributed by atoms with Crippen molar-refractivity contribution in [1.82, 2.24) is 15.2 Å². The third-order valence-electron chi connectivity index (χ3n) is 5.85. The lowest BCUT2D eigenvalue weighted by atomic mass is 9.79. The van der Waals surface area contributed by atoms with Gasteiger partial charge in [0.15, 0.2) is 0 Å². The Hall–Kier alpha value is -1.64. The lowest BCUT2D eigenvalue weighted by Gasteiger charge is -2.32. The Morgan fingerprint density at radius 3 is 2.52 bits per heavy atom. The molecule has 1 N–H and O–H groups in total. The molecule has 0 bridgehead atoms. The van der Waals surface area contributed by atoms with Gasteiger partial charge in [-0.15, -0.1) is 0 Å². The molecule has 2 aliphatic rings. The van der Waals surface area contributed by atoms with E-state index in [4.69, 9.17) is 9.31 Å². The predicted molar refractivity (Wildman–Crippen MR) is 104 cm³/mol. The SMILES string of the molecule is COC(=O)NC1CCN(Cc2cc(B3OC(C)(C)C(C)(C)O3)ccn2)CC1. The molecular weight excluding hydrogens is 345 g/mol. The van der Waals surface area contributed by atoms with Crippen molar-refractivity contribution in [3.63, 3.8) is 0 Å². The first-order valence-electron chi connectivity index (χ1n) is 9.57. The molecule has 0 aliphatic carbocycles. The van der Waals surface area contributed by atoms with Crippen LogP contribution < -0.4 is 10.8 Å². The van der Waals surface area contributed by atoms with Crippen molar-refractivity contribution in [2.75, 3.05) is 20.2 Å². The molecule has 1 aromatic rings. The summed E-state index contributed by atoms with van der Waals surface area (Å²) >= 11 is 0. The number of carbonyl (C=O) groups excluding carboxylic acids is 1. The van der Waals surface area contributed by atoms with E-state index in [0.717, 1.165) is 43.6 Å². The minimum absolute atomic E-state index is 0.178. The molecule has 3 heterocycles. The maximum Gasteiger partial charge on any atom is 0.494 e. The predicted octanol–water partition coefficient (Wildman–Crippen LogP) is 1.70. The van der Waals surface area contributed by atoms with Crippen LogP contribution in [0.25, 0.3) is 0 Å². The summed E-state index contributed by atoms with van der Waals surface area (Å²) in [6.45, 7) is 10.8. The standard InChI is InChI=1S/C19H30BN3O4/c1-18(2)19(3,4)27-20(26-18)14-6-9-21-16(12-14)13-23-10-7-15(8-11-23)22-17(24)25-5/h6,9,12,15H,7-8,10-11,13H2,1-5H3,(H,22,24). The third kappa shape index (κ3) is 4.62. The summed E-state index contributed by atoms with van der Waals surface area (Å²) in [5.41, 5.74) is 1.30. The molecule has 0 aromatic carbocycles. The number of carbonyl (C=O) groups is 1. The van der Waals surface area contributed by atoms with E-state index in [1.807, 2.05) is 12.3 Å². The van der Waals surface area contributed by atoms with Crippen molar-refractivity contribution in [3.05, 3.63) is 24.0 Å². The summed E-state index contributed by atoms with van der Waals surface area (Å²) < 4.78 is 17.0. The minimum Gasteiger partial charge on any atom is -0.453 e. The van der Waals surface area contributed by atoms with Crippen molar-refractivity contribution in [1.29, 1.82) is 0 Å². The number of hydrogen-bond donors (Lipinski definition) is 1. The first-order valence-corrected chi connectivity index (χ1v) is 9.57. The van der Waals surface area contributed by atoms with Gasteiger partial charge in [-0.3, -0.25) is 9.88 Å². The van der Waals surface area contributed by atoms with Crippen LogP contribution >= 0.6 is 0 Å². The molecule has 1 aromatic heterocycles. The van der Waals surface area contributed by atoms with E-state index in [1.165, 1.54) is 7.11 Å². The van der Waals surface area contributed by atoms with E-state index in [-0.39, 0.29) is 30.5 Å². The fourth-order valence-electron chi connectivity index (χ4n) is 3.40. The van der Waals surface area contributed by atoms with Crippen LogP contribution in [0.3, 0.4) is 0 Å². The number of ether oxygens (including phenoxy) is 1.